The lowest BCUT2D eigenvalue weighted by Gasteiger charge is -2.52. The summed E-state index contributed by atoms with van der Waals surface area (Å²) in [6.45, 7) is 10.3. The molecule has 1 N–H and O–H groups in total. The van der Waals surface area contributed by atoms with Crippen molar-refractivity contribution in [1.29, 1.82) is 0 Å². The number of hydrogen-bond acceptors (Lipinski definition) is 4. The SMILES string of the molecule is CC[C@@H](CN1CC(C)OC(C)C1)N1C(=O)[C@@](C)(CC(=O)O)C[C@H](c2cccc(Cl)c2)[C@H]1c1ccc(Cl)cc1. The largest absolute Gasteiger partial charge is 0.481 e. The maximum absolute atomic E-state index is 14.4. The van der Waals surface area contributed by atoms with Crippen LogP contribution in [-0.4, -0.2) is 64.7 Å². The number of rotatable bonds is 8. The summed E-state index contributed by atoms with van der Waals surface area (Å²) >= 11 is 12.7. The second-order valence-electron chi connectivity index (χ2n) is 11.2. The van der Waals surface area contributed by atoms with E-state index < -0.39 is 11.4 Å². The minimum atomic E-state index is -1.05. The van der Waals surface area contributed by atoms with Crippen LogP contribution in [0.15, 0.2) is 48.5 Å². The summed E-state index contributed by atoms with van der Waals surface area (Å²) in [5.74, 6) is -1.23. The van der Waals surface area contributed by atoms with Crippen LogP contribution in [0.2, 0.25) is 10.0 Å². The van der Waals surface area contributed by atoms with E-state index in [0.717, 1.165) is 30.6 Å². The van der Waals surface area contributed by atoms with Crippen molar-refractivity contribution in [3.05, 3.63) is 69.7 Å². The van der Waals surface area contributed by atoms with Crippen LogP contribution in [-0.2, 0) is 14.3 Å². The van der Waals surface area contributed by atoms with E-state index in [0.29, 0.717) is 23.0 Å². The van der Waals surface area contributed by atoms with Gasteiger partial charge >= 0.3 is 5.97 Å². The molecule has 2 heterocycles. The van der Waals surface area contributed by atoms with E-state index in [2.05, 4.69) is 25.7 Å². The van der Waals surface area contributed by atoms with Crippen molar-refractivity contribution in [2.45, 2.75) is 77.2 Å². The van der Waals surface area contributed by atoms with Crippen LogP contribution in [0.3, 0.4) is 0 Å². The van der Waals surface area contributed by atoms with Gasteiger partial charge in [-0.1, -0.05) is 61.3 Å². The van der Waals surface area contributed by atoms with Crippen molar-refractivity contribution in [1.82, 2.24) is 9.80 Å². The van der Waals surface area contributed by atoms with E-state index in [1.54, 1.807) is 6.92 Å². The molecule has 2 aromatic rings. The Balaban J connectivity index is 1.83. The Hall–Kier alpha value is -2.12. The van der Waals surface area contributed by atoms with Crippen molar-refractivity contribution >= 4 is 35.1 Å². The van der Waals surface area contributed by atoms with Crippen molar-refractivity contribution < 1.29 is 19.4 Å². The molecule has 6 nitrogen and oxygen atoms in total. The fraction of sp³-hybridized carbons (Fsp3) is 0.533. The van der Waals surface area contributed by atoms with Gasteiger partial charge in [0.1, 0.15) is 0 Å². The van der Waals surface area contributed by atoms with Crippen molar-refractivity contribution in [2.75, 3.05) is 19.6 Å². The number of aliphatic carboxylic acids is 1. The molecule has 8 heteroatoms. The van der Waals surface area contributed by atoms with E-state index in [4.69, 9.17) is 27.9 Å². The number of morpholine rings is 1. The van der Waals surface area contributed by atoms with Gasteiger partial charge in [-0.05, 0) is 62.1 Å². The van der Waals surface area contributed by atoms with Crippen LogP contribution in [0.4, 0.5) is 0 Å². The highest BCUT2D eigenvalue weighted by Gasteiger charge is 2.52. The summed E-state index contributed by atoms with van der Waals surface area (Å²) < 4.78 is 5.95. The number of carboxylic acid groups (broad SMARTS) is 1. The van der Waals surface area contributed by atoms with E-state index in [-0.39, 0.29) is 42.5 Å². The van der Waals surface area contributed by atoms with Crippen molar-refractivity contribution in [2.24, 2.45) is 5.41 Å². The van der Waals surface area contributed by atoms with Gasteiger partial charge in [0, 0.05) is 41.6 Å². The highest BCUT2D eigenvalue weighted by Crippen LogP contribution is 2.52. The van der Waals surface area contributed by atoms with Gasteiger partial charge in [0.15, 0.2) is 0 Å². The number of hydrogen-bond donors (Lipinski definition) is 1. The number of benzene rings is 2. The van der Waals surface area contributed by atoms with Crippen LogP contribution in [0, 0.1) is 5.41 Å². The first-order valence-corrected chi connectivity index (χ1v) is 14.2. The molecule has 0 radical (unpaired) electrons. The average Bonchev–Trinajstić information content (AvgIpc) is 2.84. The van der Waals surface area contributed by atoms with Gasteiger partial charge in [-0.25, -0.2) is 0 Å². The van der Waals surface area contributed by atoms with Gasteiger partial charge in [-0.3, -0.25) is 14.5 Å². The first-order chi connectivity index (χ1) is 18.0. The van der Waals surface area contributed by atoms with Gasteiger partial charge in [0.25, 0.3) is 0 Å². The highest BCUT2D eigenvalue weighted by atomic mass is 35.5. The van der Waals surface area contributed by atoms with Crippen molar-refractivity contribution in [3.8, 4) is 0 Å². The molecule has 0 aromatic heterocycles. The predicted molar refractivity (Wildman–Crippen MR) is 151 cm³/mol. The van der Waals surface area contributed by atoms with Gasteiger partial charge in [-0.15, -0.1) is 0 Å². The smallest absolute Gasteiger partial charge is 0.304 e. The number of carboxylic acids is 1. The van der Waals surface area contributed by atoms with E-state index in [1.807, 2.05) is 53.4 Å². The highest BCUT2D eigenvalue weighted by molar-refractivity contribution is 6.30. The monoisotopic (exact) mass is 560 g/mol. The predicted octanol–water partition coefficient (Wildman–Crippen LogP) is 6.42. The zero-order valence-electron chi connectivity index (χ0n) is 22.6. The minimum absolute atomic E-state index is 0.108. The molecule has 2 aromatic carbocycles. The summed E-state index contributed by atoms with van der Waals surface area (Å²) in [6, 6.07) is 15.0. The maximum Gasteiger partial charge on any atom is 0.304 e. The Labute approximate surface area is 235 Å². The topological polar surface area (TPSA) is 70.1 Å². The lowest BCUT2D eigenvalue weighted by molar-refractivity contribution is -0.161. The van der Waals surface area contributed by atoms with Crippen LogP contribution < -0.4 is 0 Å². The van der Waals surface area contributed by atoms with Gasteiger partial charge in [0.2, 0.25) is 5.91 Å². The van der Waals surface area contributed by atoms with E-state index in [9.17, 15) is 14.7 Å². The zero-order valence-corrected chi connectivity index (χ0v) is 24.1. The summed E-state index contributed by atoms with van der Waals surface area (Å²) in [5, 5.41) is 11.1. The van der Waals surface area contributed by atoms with Gasteiger partial charge in [-0.2, -0.15) is 0 Å². The molecule has 1 amide bonds. The lowest BCUT2D eigenvalue weighted by Crippen LogP contribution is -2.59. The summed E-state index contributed by atoms with van der Waals surface area (Å²) in [4.78, 5) is 30.8. The van der Waals surface area contributed by atoms with Crippen LogP contribution in [0.5, 0.6) is 0 Å². The standard InChI is InChI=1S/C30H38Cl2N2O4/c1-5-25(18-33-16-19(2)38-20(3)17-33)34-28(21-9-11-23(31)12-10-21)26(22-7-6-8-24(32)13-22)14-30(4,29(34)37)15-27(35)36/h6-13,19-20,25-26,28H,5,14-18H2,1-4H3,(H,35,36)/t19?,20?,25-,26+,28+,30+/m0/s1. The molecular weight excluding hydrogens is 523 g/mol. The Bertz CT molecular complexity index is 1130. The molecule has 2 aliphatic rings. The quantitative estimate of drug-likeness (QED) is 0.403. The van der Waals surface area contributed by atoms with Crippen LogP contribution >= 0.6 is 23.2 Å². The maximum atomic E-state index is 14.4. The third kappa shape index (κ3) is 6.36. The molecule has 4 rings (SSSR count). The third-order valence-corrected chi connectivity index (χ3v) is 8.45. The van der Waals surface area contributed by atoms with E-state index >= 15 is 0 Å². The number of carbonyl (C=O) groups excluding carboxylic acids is 1. The number of halogens is 2. The third-order valence-electron chi connectivity index (χ3n) is 7.96. The second-order valence-corrected chi connectivity index (χ2v) is 12.1. The van der Waals surface area contributed by atoms with Gasteiger partial charge < -0.3 is 14.7 Å². The number of piperidine rings is 1. The summed E-state index contributed by atoms with van der Waals surface area (Å²) in [5.41, 5.74) is 0.920. The molecule has 0 spiro atoms. The van der Waals surface area contributed by atoms with Crippen LogP contribution in [0.1, 0.15) is 70.0 Å². The van der Waals surface area contributed by atoms with Gasteiger partial charge in [0.05, 0.1) is 30.1 Å². The minimum Gasteiger partial charge on any atom is -0.481 e. The number of carbonyl (C=O) groups is 2. The first kappa shape index (κ1) is 28.9. The summed E-state index contributed by atoms with van der Waals surface area (Å²) in [7, 11) is 0. The van der Waals surface area contributed by atoms with Crippen molar-refractivity contribution in [3.63, 3.8) is 0 Å². The molecule has 0 saturated carbocycles. The number of nitrogens with zero attached hydrogens (tertiary/aromatic N) is 2. The Morgan fingerprint density at radius 3 is 2.32 bits per heavy atom. The molecule has 2 saturated heterocycles. The molecule has 6 atom stereocenters. The number of amides is 1. The Kier molecular flexibility index (Phi) is 9.08. The molecule has 2 aliphatic heterocycles. The average molecular weight is 562 g/mol. The number of ether oxygens (including phenoxy) is 1. The molecular formula is C30H38Cl2N2O4. The fourth-order valence-electron chi connectivity index (χ4n) is 6.43. The molecule has 206 valence electrons. The molecule has 38 heavy (non-hydrogen) atoms. The Morgan fingerprint density at radius 1 is 1.08 bits per heavy atom. The number of likely N-dealkylation sites (tertiary alicyclic amines) is 1. The normalized spacial score (nSPS) is 29.3. The second kappa shape index (κ2) is 12.0. The molecule has 0 bridgehead atoms. The lowest BCUT2D eigenvalue weighted by atomic mass is 9.67. The van der Waals surface area contributed by atoms with E-state index in [1.165, 1.54) is 0 Å². The molecule has 2 unspecified atom stereocenters. The molecule has 0 aliphatic carbocycles. The first-order valence-electron chi connectivity index (χ1n) is 13.4. The Morgan fingerprint density at radius 2 is 1.74 bits per heavy atom. The zero-order chi connectivity index (χ0) is 27.6. The molecule has 2 fully saturated rings. The summed E-state index contributed by atoms with van der Waals surface area (Å²) in [6.07, 6.45) is 1.13. The fourth-order valence-corrected chi connectivity index (χ4v) is 6.75. The van der Waals surface area contributed by atoms with Crippen LogP contribution in [0.25, 0.3) is 0 Å².